The van der Waals surface area contributed by atoms with Crippen LogP contribution in [0.5, 0.6) is 0 Å². The van der Waals surface area contributed by atoms with Gasteiger partial charge in [-0.15, -0.1) is 0 Å². The molecule has 1 fully saturated rings. The number of carbonyl (C=O) groups is 1. The van der Waals surface area contributed by atoms with E-state index < -0.39 is 0 Å². The van der Waals surface area contributed by atoms with Crippen molar-refractivity contribution in [2.45, 2.75) is 25.3 Å². The number of rotatable bonds is 5. The van der Waals surface area contributed by atoms with Gasteiger partial charge in [0.15, 0.2) is 0 Å². The third-order valence-corrected chi connectivity index (χ3v) is 3.16. The van der Waals surface area contributed by atoms with Gasteiger partial charge in [-0.3, -0.25) is 4.79 Å². The predicted molar refractivity (Wildman–Crippen MR) is 70.1 cm³/mol. The van der Waals surface area contributed by atoms with Gasteiger partial charge in [0.2, 0.25) is 5.91 Å². The lowest BCUT2D eigenvalue weighted by atomic mass is 10.2. The molecule has 1 saturated carbocycles. The van der Waals surface area contributed by atoms with Gasteiger partial charge in [-0.05, 0) is 44.2 Å². The first-order valence-corrected chi connectivity index (χ1v) is 6.19. The van der Waals surface area contributed by atoms with Crippen LogP contribution in [-0.2, 0) is 4.79 Å². The molecule has 4 nitrogen and oxygen atoms in total. The van der Waals surface area contributed by atoms with E-state index >= 15 is 0 Å². The summed E-state index contributed by atoms with van der Waals surface area (Å²) in [4.78, 5) is 13.9. The Kier molecular flexibility index (Phi) is 3.96. The van der Waals surface area contributed by atoms with Crippen LogP contribution < -0.4 is 5.32 Å². The molecule has 18 heavy (non-hydrogen) atoms. The molecule has 1 N–H and O–H groups in total. The SMILES string of the molecule is CN(CCC(=O)Nc1ccc(C#N)cc1)C1CC1. The molecule has 0 aromatic heterocycles. The Hall–Kier alpha value is -1.86. The van der Waals surface area contributed by atoms with Crippen LogP contribution in [0.15, 0.2) is 24.3 Å². The Labute approximate surface area is 107 Å². The maximum absolute atomic E-state index is 11.7. The third kappa shape index (κ3) is 3.57. The molecule has 0 bridgehead atoms. The van der Waals surface area contributed by atoms with Crippen LogP contribution in [0.1, 0.15) is 24.8 Å². The molecule has 0 saturated heterocycles. The molecule has 4 heteroatoms. The van der Waals surface area contributed by atoms with Crippen molar-refractivity contribution in [2.24, 2.45) is 0 Å². The van der Waals surface area contributed by atoms with Crippen LogP contribution in [0, 0.1) is 11.3 Å². The molecule has 0 radical (unpaired) electrons. The maximum Gasteiger partial charge on any atom is 0.225 e. The van der Waals surface area contributed by atoms with E-state index in [2.05, 4.69) is 17.3 Å². The maximum atomic E-state index is 11.7. The second kappa shape index (κ2) is 5.65. The Morgan fingerprint density at radius 2 is 2.11 bits per heavy atom. The zero-order valence-corrected chi connectivity index (χ0v) is 10.5. The van der Waals surface area contributed by atoms with Crippen LogP contribution in [0.25, 0.3) is 0 Å². The molecule has 0 heterocycles. The topological polar surface area (TPSA) is 56.1 Å². The molecule has 1 aliphatic carbocycles. The summed E-state index contributed by atoms with van der Waals surface area (Å²) in [6.45, 7) is 0.798. The summed E-state index contributed by atoms with van der Waals surface area (Å²) in [5.74, 6) is 0.0206. The van der Waals surface area contributed by atoms with E-state index in [0.29, 0.717) is 18.0 Å². The summed E-state index contributed by atoms with van der Waals surface area (Å²) in [5, 5.41) is 11.5. The summed E-state index contributed by atoms with van der Waals surface area (Å²) in [6.07, 6.45) is 3.02. The van der Waals surface area contributed by atoms with Crippen molar-refractivity contribution in [3.05, 3.63) is 29.8 Å². The summed E-state index contributed by atoms with van der Waals surface area (Å²) in [7, 11) is 2.06. The van der Waals surface area contributed by atoms with Crippen molar-refractivity contribution in [2.75, 3.05) is 18.9 Å². The van der Waals surface area contributed by atoms with E-state index in [1.807, 2.05) is 6.07 Å². The number of amides is 1. The van der Waals surface area contributed by atoms with Crippen LogP contribution in [0.2, 0.25) is 0 Å². The average molecular weight is 243 g/mol. The minimum absolute atomic E-state index is 0.0206. The Morgan fingerprint density at radius 1 is 1.44 bits per heavy atom. The number of hydrogen-bond acceptors (Lipinski definition) is 3. The van der Waals surface area contributed by atoms with Crippen molar-refractivity contribution in [1.29, 1.82) is 5.26 Å². The van der Waals surface area contributed by atoms with E-state index in [0.717, 1.165) is 12.2 Å². The fraction of sp³-hybridized carbons (Fsp3) is 0.429. The first kappa shape index (κ1) is 12.6. The fourth-order valence-electron chi connectivity index (χ4n) is 1.83. The van der Waals surface area contributed by atoms with Gasteiger partial charge >= 0.3 is 0 Å². The van der Waals surface area contributed by atoms with E-state index in [9.17, 15) is 4.79 Å². The van der Waals surface area contributed by atoms with E-state index in [4.69, 9.17) is 5.26 Å². The second-order valence-electron chi connectivity index (χ2n) is 4.70. The lowest BCUT2D eigenvalue weighted by Crippen LogP contribution is -2.25. The Balaban J connectivity index is 1.77. The number of nitriles is 1. The zero-order valence-electron chi connectivity index (χ0n) is 10.5. The van der Waals surface area contributed by atoms with Crippen molar-refractivity contribution < 1.29 is 4.79 Å². The smallest absolute Gasteiger partial charge is 0.225 e. The molecule has 2 rings (SSSR count). The molecule has 0 unspecified atom stereocenters. The van der Waals surface area contributed by atoms with Crippen LogP contribution in [0.4, 0.5) is 5.69 Å². The summed E-state index contributed by atoms with van der Waals surface area (Å²) >= 11 is 0. The van der Waals surface area contributed by atoms with Gasteiger partial charge in [-0.25, -0.2) is 0 Å². The number of nitrogens with one attached hydrogen (secondary N) is 1. The van der Waals surface area contributed by atoms with Crippen LogP contribution in [0.3, 0.4) is 0 Å². The summed E-state index contributed by atoms with van der Waals surface area (Å²) < 4.78 is 0. The highest BCUT2D eigenvalue weighted by Crippen LogP contribution is 2.25. The van der Waals surface area contributed by atoms with Crippen molar-refractivity contribution in [1.82, 2.24) is 4.90 Å². The average Bonchev–Trinajstić information content (AvgIpc) is 3.21. The number of hydrogen-bond donors (Lipinski definition) is 1. The minimum Gasteiger partial charge on any atom is -0.326 e. The molecule has 1 aromatic carbocycles. The monoisotopic (exact) mass is 243 g/mol. The first-order valence-electron chi connectivity index (χ1n) is 6.19. The van der Waals surface area contributed by atoms with Gasteiger partial charge in [-0.1, -0.05) is 0 Å². The van der Waals surface area contributed by atoms with E-state index in [1.54, 1.807) is 24.3 Å². The molecule has 0 aliphatic heterocycles. The molecule has 1 aromatic rings. The van der Waals surface area contributed by atoms with Gasteiger partial charge in [0.1, 0.15) is 0 Å². The Bertz CT molecular complexity index is 457. The largest absolute Gasteiger partial charge is 0.326 e. The van der Waals surface area contributed by atoms with E-state index in [-0.39, 0.29) is 5.91 Å². The van der Waals surface area contributed by atoms with Crippen molar-refractivity contribution in [3.63, 3.8) is 0 Å². The van der Waals surface area contributed by atoms with Gasteiger partial charge in [-0.2, -0.15) is 5.26 Å². The van der Waals surface area contributed by atoms with Crippen molar-refractivity contribution in [3.8, 4) is 6.07 Å². The highest BCUT2D eigenvalue weighted by Gasteiger charge is 2.25. The fourth-order valence-corrected chi connectivity index (χ4v) is 1.83. The summed E-state index contributed by atoms with van der Waals surface area (Å²) in [5.41, 5.74) is 1.34. The normalized spacial score (nSPS) is 14.3. The third-order valence-electron chi connectivity index (χ3n) is 3.16. The molecule has 0 atom stereocenters. The molecular weight excluding hydrogens is 226 g/mol. The summed E-state index contributed by atoms with van der Waals surface area (Å²) in [6, 6.07) is 9.64. The Morgan fingerprint density at radius 3 is 2.67 bits per heavy atom. The molecular formula is C14H17N3O. The lowest BCUT2D eigenvalue weighted by molar-refractivity contribution is -0.116. The quantitative estimate of drug-likeness (QED) is 0.860. The standard InChI is InChI=1S/C14H17N3O/c1-17(13-6-7-13)9-8-14(18)16-12-4-2-11(10-15)3-5-12/h2-5,13H,6-9H2,1H3,(H,16,18). The zero-order chi connectivity index (χ0) is 13.0. The minimum atomic E-state index is 0.0206. The van der Waals surface area contributed by atoms with Gasteiger partial charge < -0.3 is 10.2 Å². The van der Waals surface area contributed by atoms with Crippen LogP contribution >= 0.6 is 0 Å². The molecule has 1 aliphatic rings. The highest BCUT2D eigenvalue weighted by molar-refractivity contribution is 5.90. The number of carbonyl (C=O) groups excluding carboxylic acids is 1. The first-order chi connectivity index (χ1) is 8.69. The number of anilines is 1. The number of benzene rings is 1. The van der Waals surface area contributed by atoms with Gasteiger partial charge in [0, 0.05) is 24.7 Å². The van der Waals surface area contributed by atoms with Crippen LogP contribution in [-0.4, -0.2) is 30.4 Å². The van der Waals surface area contributed by atoms with Gasteiger partial charge in [0.05, 0.1) is 11.6 Å². The number of nitrogens with zero attached hydrogens (tertiary/aromatic N) is 2. The van der Waals surface area contributed by atoms with E-state index in [1.165, 1.54) is 12.8 Å². The molecule has 0 spiro atoms. The molecule has 1 amide bonds. The van der Waals surface area contributed by atoms with Crippen molar-refractivity contribution >= 4 is 11.6 Å². The second-order valence-corrected chi connectivity index (χ2v) is 4.70. The highest BCUT2D eigenvalue weighted by atomic mass is 16.1. The molecule has 94 valence electrons. The lowest BCUT2D eigenvalue weighted by Gasteiger charge is -2.14. The predicted octanol–water partition coefficient (Wildman–Crippen LogP) is 1.98. The van der Waals surface area contributed by atoms with Gasteiger partial charge in [0.25, 0.3) is 0 Å².